The van der Waals surface area contributed by atoms with Gasteiger partial charge in [0.15, 0.2) is 0 Å². The van der Waals surface area contributed by atoms with Gasteiger partial charge in [-0.15, -0.1) is 0 Å². The first kappa shape index (κ1) is 31.3. The van der Waals surface area contributed by atoms with Gasteiger partial charge < -0.3 is 14.9 Å². The second kappa shape index (κ2) is 12.8. The highest BCUT2D eigenvalue weighted by molar-refractivity contribution is 6.05. The van der Waals surface area contributed by atoms with Crippen LogP contribution >= 0.6 is 0 Å². The highest BCUT2D eigenvalue weighted by atomic mass is 19.1. The van der Waals surface area contributed by atoms with Crippen molar-refractivity contribution in [3.8, 4) is 5.75 Å². The van der Waals surface area contributed by atoms with Gasteiger partial charge >= 0.3 is 0 Å². The molecule has 8 nitrogen and oxygen atoms in total. The molecule has 2 N–H and O–H groups in total. The maximum Gasteiger partial charge on any atom is 0.255 e. The third-order valence-corrected chi connectivity index (χ3v) is 10.9. The number of aryl methyl sites for hydroxylation is 1. The van der Waals surface area contributed by atoms with E-state index in [0.29, 0.717) is 29.3 Å². The molecule has 3 aliphatic heterocycles. The van der Waals surface area contributed by atoms with Crippen LogP contribution in [0.1, 0.15) is 74.8 Å². The average molecular weight is 659 g/mol. The lowest BCUT2D eigenvalue weighted by molar-refractivity contribution is -0.136. The standard InChI is InChI=1S/C40H39FN4O4/c41-35-22-34-28(24-45(40(34)49)36-14-15-37(47)42-39(36)48)20-29(35)23-43-16-18-44(19-17-43)30-9-6-26(7-10-30)38-32(25-4-2-1-3-5-25)12-8-27-21-31(46)11-13-33(27)38/h1-7,9-11,13,20-22,32,36,38,46H,8,12,14-19,23-24H2,(H,42,47,48)/t32-,36?,38+/m1/s1. The molecule has 3 heterocycles. The summed E-state index contributed by atoms with van der Waals surface area (Å²) in [6, 6.07) is 27.8. The van der Waals surface area contributed by atoms with Gasteiger partial charge in [-0.1, -0.05) is 48.5 Å². The Morgan fingerprint density at radius 3 is 2.33 bits per heavy atom. The number of nitrogens with zero attached hydrogens (tertiary/aromatic N) is 3. The smallest absolute Gasteiger partial charge is 0.255 e. The van der Waals surface area contributed by atoms with E-state index >= 15 is 4.39 Å². The van der Waals surface area contributed by atoms with Gasteiger partial charge in [0.05, 0.1) is 0 Å². The molecule has 0 radical (unpaired) electrons. The Morgan fingerprint density at radius 2 is 1.57 bits per heavy atom. The van der Waals surface area contributed by atoms with Crippen molar-refractivity contribution in [3.05, 3.63) is 130 Å². The number of amides is 3. The fourth-order valence-corrected chi connectivity index (χ4v) is 8.34. The van der Waals surface area contributed by atoms with E-state index in [1.165, 1.54) is 33.2 Å². The van der Waals surface area contributed by atoms with Crippen LogP contribution in [-0.2, 0) is 29.1 Å². The highest BCUT2D eigenvalue weighted by Gasteiger charge is 2.40. The first-order valence-electron chi connectivity index (χ1n) is 17.2. The number of hydrogen-bond donors (Lipinski definition) is 2. The molecule has 4 aromatic rings. The van der Waals surface area contributed by atoms with E-state index in [9.17, 15) is 19.5 Å². The number of aromatic hydroxyl groups is 1. The Bertz CT molecular complexity index is 1920. The third kappa shape index (κ3) is 5.97. The second-order valence-corrected chi connectivity index (χ2v) is 13.8. The topological polar surface area (TPSA) is 93.2 Å². The number of hydrogen-bond acceptors (Lipinski definition) is 6. The minimum absolute atomic E-state index is 0.183. The fourth-order valence-electron chi connectivity index (χ4n) is 8.34. The zero-order valence-electron chi connectivity index (χ0n) is 27.3. The number of anilines is 1. The van der Waals surface area contributed by atoms with Gasteiger partial charge in [-0.25, -0.2) is 4.39 Å². The molecule has 8 rings (SSSR count). The monoisotopic (exact) mass is 658 g/mol. The Hall–Kier alpha value is -5.02. The van der Waals surface area contributed by atoms with Gasteiger partial charge in [-0.3, -0.25) is 24.6 Å². The lowest BCUT2D eigenvalue weighted by Crippen LogP contribution is -2.52. The number of rotatable bonds is 6. The number of piperidine rings is 1. The summed E-state index contributed by atoms with van der Waals surface area (Å²) in [4.78, 5) is 43.1. The van der Waals surface area contributed by atoms with E-state index in [0.717, 1.165) is 50.3 Å². The number of phenolic OH excluding ortho intramolecular Hbond substituents is 1. The van der Waals surface area contributed by atoms with Crippen LogP contribution < -0.4 is 10.2 Å². The van der Waals surface area contributed by atoms with Crippen molar-refractivity contribution in [1.82, 2.24) is 15.1 Å². The summed E-state index contributed by atoms with van der Waals surface area (Å²) in [5.74, 6) is -0.711. The summed E-state index contributed by atoms with van der Waals surface area (Å²) in [5.41, 5.74) is 7.83. The van der Waals surface area contributed by atoms with Crippen molar-refractivity contribution in [2.45, 2.75) is 56.7 Å². The molecule has 3 atom stereocenters. The van der Waals surface area contributed by atoms with E-state index in [1.807, 2.05) is 6.07 Å². The van der Waals surface area contributed by atoms with E-state index in [2.05, 4.69) is 75.8 Å². The fraction of sp³-hybridized carbons (Fsp3) is 0.325. The summed E-state index contributed by atoms with van der Waals surface area (Å²) in [6.07, 6.45) is 2.42. The molecule has 4 aliphatic rings. The normalized spacial score (nSPS) is 22.6. The van der Waals surface area contributed by atoms with Crippen LogP contribution in [0, 0.1) is 5.82 Å². The lowest BCUT2D eigenvalue weighted by atomic mass is 9.69. The van der Waals surface area contributed by atoms with Gasteiger partial charge in [0, 0.05) is 68.4 Å². The maximum atomic E-state index is 15.3. The van der Waals surface area contributed by atoms with E-state index in [4.69, 9.17) is 0 Å². The number of fused-ring (bicyclic) bond motifs is 2. The largest absolute Gasteiger partial charge is 0.508 e. The van der Waals surface area contributed by atoms with Crippen molar-refractivity contribution >= 4 is 23.4 Å². The minimum Gasteiger partial charge on any atom is -0.508 e. The molecule has 1 unspecified atom stereocenters. The molecular weight excluding hydrogens is 619 g/mol. The molecule has 0 saturated carbocycles. The molecule has 0 spiro atoms. The average Bonchev–Trinajstić information content (AvgIpc) is 3.42. The number of benzene rings is 4. The number of carbonyl (C=O) groups excluding carboxylic acids is 3. The number of halogens is 1. The summed E-state index contributed by atoms with van der Waals surface area (Å²) in [5, 5.41) is 12.5. The summed E-state index contributed by atoms with van der Waals surface area (Å²) in [6.45, 7) is 3.84. The summed E-state index contributed by atoms with van der Waals surface area (Å²) < 4.78 is 15.3. The van der Waals surface area contributed by atoms with Crippen LogP contribution in [0.5, 0.6) is 5.75 Å². The molecule has 1 aliphatic carbocycles. The van der Waals surface area contributed by atoms with Gasteiger partial charge in [0.1, 0.15) is 17.6 Å². The number of carbonyl (C=O) groups is 3. The molecule has 3 amide bonds. The Morgan fingerprint density at radius 1 is 0.796 bits per heavy atom. The van der Waals surface area contributed by atoms with Gasteiger partial charge in [0.2, 0.25) is 11.8 Å². The number of imide groups is 1. The Kier molecular flexibility index (Phi) is 8.15. The maximum absolute atomic E-state index is 15.3. The van der Waals surface area contributed by atoms with Crippen LogP contribution in [-0.4, -0.2) is 64.8 Å². The molecule has 0 bridgehead atoms. The van der Waals surface area contributed by atoms with Crippen molar-refractivity contribution < 1.29 is 23.9 Å². The van der Waals surface area contributed by atoms with Crippen molar-refractivity contribution in [3.63, 3.8) is 0 Å². The molecule has 4 aromatic carbocycles. The molecule has 49 heavy (non-hydrogen) atoms. The minimum atomic E-state index is -0.718. The van der Waals surface area contributed by atoms with Gasteiger partial charge in [-0.2, -0.15) is 0 Å². The van der Waals surface area contributed by atoms with Crippen molar-refractivity contribution in [1.29, 1.82) is 0 Å². The Labute approximate surface area is 285 Å². The van der Waals surface area contributed by atoms with E-state index < -0.39 is 17.8 Å². The SMILES string of the molecule is O=C1CCC(N2Cc3cc(CN4CCN(c5ccc([C@@H]6c7ccc(O)cc7CC[C@@H]6c6ccccc6)cc5)CC4)c(F)cc3C2=O)C(=O)N1. The first-order chi connectivity index (χ1) is 23.8. The molecule has 250 valence electrons. The van der Waals surface area contributed by atoms with Crippen LogP contribution in [0.4, 0.5) is 10.1 Å². The number of phenols is 1. The van der Waals surface area contributed by atoms with Crippen molar-refractivity contribution in [2.24, 2.45) is 0 Å². The first-order valence-corrected chi connectivity index (χ1v) is 17.2. The molecule has 2 saturated heterocycles. The Balaban J connectivity index is 0.933. The zero-order chi connectivity index (χ0) is 33.6. The van der Waals surface area contributed by atoms with Crippen molar-refractivity contribution in [2.75, 3.05) is 31.1 Å². The molecular formula is C40H39FN4O4. The van der Waals surface area contributed by atoms with E-state index in [1.54, 1.807) is 12.1 Å². The van der Waals surface area contributed by atoms with E-state index in [-0.39, 0.29) is 37.1 Å². The number of nitrogens with one attached hydrogen (secondary N) is 1. The quantitative estimate of drug-likeness (QED) is 0.267. The van der Waals surface area contributed by atoms with Crippen LogP contribution in [0.15, 0.2) is 84.9 Å². The van der Waals surface area contributed by atoms with Gasteiger partial charge in [0.25, 0.3) is 5.91 Å². The molecule has 0 aromatic heterocycles. The predicted molar refractivity (Wildman–Crippen MR) is 184 cm³/mol. The van der Waals surface area contributed by atoms with Crippen LogP contribution in [0.3, 0.4) is 0 Å². The lowest BCUT2D eigenvalue weighted by Gasteiger charge is -2.37. The second-order valence-electron chi connectivity index (χ2n) is 13.8. The number of piperazine rings is 1. The third-order valence-electron chi connectivity index (χ3n) is 10.9. The van der Waals surface area contributed by atoms with Crippen LogP contribution in [0.25, 0.3) is 0 Å². The summed E-state index contributed by atoms with van der Waals surface area (Å²) >= 11 is 0. The highest BCUT2D eigenvalue weighted by Crippen LogP contribution is 2.47. The predicted octanol–water partition coefficient (Wildman–Crippen LogP) is 5.48. The molecule has 2 fully saturated rings. The van der Waals surface area contributed by atoms with Gasteiger partial charge in [-0.05, 0) is 89.4 Å². The zero-order valence-corrected chi connectivity index (χ0v) is 27.3. The molecule has 9 heteroatoms. The summed E-state index contributed by atoms with van der Waals surface area (Å²) in [7, 11) is 0. The van der Waals surface area contributed by atoms with Crippen LogP contribution in [0.2, 0.25) is 0 Å².